The first-order valence-corrected chi connectivity index (χ1v) is 12.3. The maximum atomic E-state index is 12.7. The molecule has 0 saturated heterocycles. The second-order valence-corrected chi connectivity index (χ2v) is 9.64. The Morgan fingerprint density at radius 3 is 2.58 bits per heavy atom. The summed E-state index contributed by atoms with van der Waals surface area (Å²) in [5, 5.41) is 11.4. The number of benzene rings is 2. The Morgan fingerprint density at radius 1 is 1.13 bits per heavy atom. The van der Waals surface area contributed by atoms with Crippen LogP contribution in [0.4, 0.5) is 5.69 Å². The average Bonchev–Trinajstić information content (AvgIpc) is 3.22. The summed E-state index contributed by atoms with van der Waals surface area (Å²) < 4.78 is 32.4. The van der Waals surface area contributed by atoms with Gasteiger partial charge in [-0.15, -0.1) is 10.2 Å². The van der Waals surface area contributed by atoms with Crippen LogP contribution in [0.15, 0.2) is 63.1 Å². The van der Waals surface area contributed by atoms with Crippen LogP contribution in [-0.4, -0.2) is 47.7 Å². The number of sulfonamides is 1. The number of rotatable bonds is 9. The van der Waals surface area contributed by atoms with E-state index >= 15 is 0 Å². The number of nitrogens with one attached hydrogen (secondary N) is 1. The monoisotopic (exact) mass is 480 g/mol. The van der Waals surface area contributed by atoms with E-state index in [0.29, 0.717) is 29.4 Å². The van der Waals surface area contributed by atoms with Gasteiger partial charge in [0.25, 0.3) is 5.22 Å². The Kier molecular flexibility index (Phi) is 7.71. The van der Waals surface area contributed by atoms with Gasteiger partial charge < -0.3 is 9.73 Å². The molecule has 11 heteroatoms. The highest BCUT2D eigenvalue weighted by Crippen LogP contribution is 2.26. The molecule has 3 aromatic rings. The van der Waals surface area contributed by atoms with E-state index in [9.17, 15) is 13.2 Å². The third kappa shape index (κ3) is 5.85. The molecule has 1 amide bonds. The van der Waals surface area contributed by atoms with Gasteiger partial charge in [0, 0.05) is 29.4 Å². The largest absolute Gasteiger partial charge is 0.411 e. The van der Waals surface area contributed by atoms with Crippen LogP contribution in [0.2, 0.25) is 5.02 Å². The predicted molar refractivity (Wildman–Crippen MR) is 121 cm³/mol. The van der Waals surface area contributed by atoms with E-state index in [1.54, 1.807) is 50.2 Å². The van der Waals surface area contributed by atoms with Gasteiger partial charge in [0.15, 0.2) is 0 Å². The van der Waals surface area contributed by atoms with Gasteiger partial charge in [0.05, 0.1) is 10.6 Å². The maximum Gasteiger partial charge on any atom is 0.277 e. The van der Waals surface area contributed by atoms with E-state index in [-0.39, 0.29) is 27.7 Å². The van der Waals surface area contributed by atoms with Gasteiger partial charge in [0.1, 0.15) is 0 Å². The van der Waals surface area contributed by atoms with Crippen molar-refractivity contribution >= 4 is 45.0 Å². The molecule has 0 atom stereocenters. The summed E-state index contributed by atoms with van der Waals surface area (Å²) in [5.74, 6) is -0.0153. The van der Waals surface area contributed by atoms with Crippen molar-refractivity contribution in [3.63, 3.8) is 0 Å². The van der Waals surface area contributed by atoms with Crippen LogP contribution in [0.1, 0.15) is 13.8 Å². The lowest BCUT2D eigenvalue weighted by Gasteiger charge is -2.18. The maximum absolute atomic E-state index is 12.7. The molecular formula is C20H21ClN4O4S2. The lowest BCUT2D eigenvalue weighted by atomic mass is 10.2. The lowest BCUT2D eigenvalue weighted by Crippen LogP contribution is -2.30. The quantitative estimate of drug-likeness (QED) is 0.458. The summed E-state index contributed by atoms with van der Waals surface area (Å²) in [6.45, 7) is 4.33. The normalized spacial score (nSPS) is 11.6. The number of halogens is 1. The smallest absolute Gasteiger partial charge is 0.277 e. The average molecular weight is 481 g/mol. The van der Waals surface area contributed by atoms with Crippen LogP contribution in [0.3, 0.4) is 0 Å². The van der Waals surface area contributed by atoms with E-state index in [2.05, 4.69) is 15.5 Å². The Morgan fingerprint density at radius 2 is 1.87 bits per heavy atom. The molecule has 3 rings (SSSR count). The Labute approximate surface area is 190 Å². The van der Waals surface area contributed by atoms with E-state index in [1.165, 1.54) is 16.4 Å². The lowest BCUT2D eigenvalue weighted by molar-refractivity contribution is -0.113. The zero-order valence-electron chi connectivity index (χ0n) is 16.9. The van der Waals surface area contributed by atoms with Crippen LogP contribution >= 0.6 is 23.4 Å². The Balaban J connectivity index is 1.67. The molecule has 1 heterocycles. The fourth-order valence-corrected chi connectivity index (χ4v) is 5.04. The molecule has 1 N–H and O–H groups in total. The first-order valence-electron chi connectivity index (χ1n) is 9.45. The third-order valence-electron chi connectivity index (χ3n) is 4.27. The number of hydrogen-bond donors (Lipinski definition) is 1. The minimum Gasteiger partial charge on any atom is -0.411 e. The summed E-state index contributed by atoms with van der Waals surface area (Å²) in [7, 11) is -3.60. The molecule has 0 spiro atoms. The van der Waals surface area contributed by atoms with Crippen LogP contribution in [0.5, 0.6) is 0 Å². The van der Waals surface area contributed by atoms with Crippen molar-refractivity contribution in [2.75, 3.05) is 24.2 Å². The first-order chi connectivity index (χ1) is 14.8. The summed E-state index contributed by atoms with van der Waals surface area (Å²) in [6.07, 6.45) is 0. The van der Waals surface area contributed by atoms with Crippen molar-refractivity contribution in [1.29, 1.82) is 0 Å². The number of anilines is 1. The molecule has 2 aromatic carbocycles. The molecule has 0 unspecified atom stereocenters. The highest BCUT2D eigenvalue weighted by molar-refractivity contribution is 7.99. The van der Waals surface area contributed by atoms with Crippen molar-refractivity contribution in [2.24, 2.45) is 0 Å². The number of thioether (sulfide) groups is 1. The summed E-state index contributed by atoms with van der Waals surface area (Å²) in [4.78, 5) is 12.3. The van der Waals surface area contributed by atoms with Gasteiger partial charge in [-0.05, 0) is 36.4 Å². The Bertz CT molecular complexity index is 1160. The number of hydrogen-bond acceptors (Lipinski definition) is 7. The minimum absolute atomic E-state index is 0.0600. The van der Waals surface area contributed by atoms with Crippen molar-refractivity contribution in [2.45, 2.75) is 24.0 Å². The van der Waals surface area contributed by atoms with Gasteiger partial charge >= 0.3 is 0 Å². The molecule has 31 heavy (non-hydrogen) atoms. The van der Waals surface area contributed by atoms with Crippen molar-refractivity contribution < 1.29 is 17.6 Å². The number of carbonyl (C=O) groups is 1. The molecule has 0 radical (unpaired) electrons. The molecule has 1 aromatic heterocycles. The van der Waals surface area contributed by atoms with Crippen LogP contribution in [0, 0.1) is 0 Å². The van der Waals surface area contributed by atoms with Crippen LogP contribution in [0.25, 0.3) is 11.5 Å². The fraction of sp³-hybridized carbons (Fsp3) is 0.250. The number of aromatic nitrogens is 2. The van der Waals surface area contributed by atoms with Gasteiger partial charge in [-0.25, -0.2) is 8.42 Å². The molecular weight excluding hydrogens is 460 g/mol. The van der Waals surface area contributed by atoms with Crippen LogP contribution in [-0.2, 0) is 14.8 Å². The van der Waals surface area contributed by atoms with Gasteiger partial charge in [-0.2, -0.15) is 4.31 Å². The van der Waals surface area contributed by atoms with E-state index in [0.717, 1.165) is 11.8 Å². The minimum atomic E-state index is -3.60. The molecule has 8 nitrogen and oxygen atoms in total. The highest BCUT2D eigenvalue weighted by Gasteiger charge is 2.22. The van der Waals surface area contributed by atoms with E-state index < -0.39 is 10.0 Å². The second-order valence-electron chi connectivity index (χ2n) is 6.34. The van der Waals surface area contributed by atoms with Crippen molar-refractivity contribution in [3.8, 4) is 11.5 Å². The number of nitrogens with zero attached hydrogens (tertiary/aromatic N) is 3. The van der Waals surface area contributed by atoms with E-state index in [1.807, 2.05) is 0 Å². The predicted octanol–water partition coefficient (Wildman–Crippen LogP) is 4.15. The van der Waals surface area contributed by atoms with Gasteiger partial charge in [-0.1, -0.05) is 49.3 Å². The molecule has 0 bridgehead atoms. The standard InChI is InChI=1S/C20H21ClN4O4S2/c1-3-25(4-2)31(27,28)17-10-5-7-14(11-17)19-23-24-20(29-19)30-13-18(26)22-16-9-6-8-15(21)12-16/h5-12H,3-4,13H2,1-2H3,(H,22,26). The number of carbonyl (C=O) groups excluding carboxylic acids is 1. The summed E-state index contributed by atoms with van der Waals surface area (Å²) in [6, 6.07) is 13.2. The van der Waals surface area contributed by atoms with Crippen molar-refractivity contribution in [3.05, 3.63) is 53.6 Å². The third-order valence-corrected chi connectivity index (χ3v) is 7.37. The molecule has 0 aliphatic rings. The van der Waals surface area contributed by atoms with Gasteiger partial charge in [-0.3, -0.25) is 4.79 Å². The van der Waals surface area contributed by atoms with Gasteiger partial charge in [0.2, 0.25) is 21.8 Å². The molecule has 0 aliphatic carbocycles. The zero-order chi connectivity index (χ0) is 22.4. The SMILES string of the molecule is CCN(CC)S(=O)(=O)c1cccc(-c2nnc(SCC(=O)Nc3cccc(Cl)c3)o2)c1. The molecule has 0 saturated carbocycles. The summed E-state index contributed by atoms with van der Waals surface area (Å²) >= 11 is 6.98. The first kappa shape index (κ1) is 23.3. The Hall–Kier alpha value is -2.40. The van der Waals surface area contributed by atoms with Crippen LogP contribution < -0.4 is 5.32 Å². The molecule has 164 valence electrons. The zero-order valence-corrected chi connectivity index (χ0v) is 19.3. The second kappa shape index (κ2) is 10.3. The van der Waals surface area contributed by atoms with Crippen molar-refractivity contribution in [1.82, 2.24) is 14.5 Å². The fourth-order valence-electron chi connectivity index (χ4n) is 2.78. The summed E-state index contributed by atoms with van der Waals surface area (Å²) in [5.41, 5.74) is 1.08. The number of amides is 1. The topological polar surface area (TPSA) is 105 Å². The molecule has 0 aliphatic heterocycles. The molecule has 0 fully saturated rings. The highest BCUT2D eigenvalue weighted by atomic mass is 35.5. The van der Waals surface area contributed by atoms with E-state index in [4.69, 9.17) is 16.0 Å².